The Morgan fingerprint density at radius 1 is 1.38 bits per heavy atom. The molecule has 1 N–H and O–H groups in total. The van der Waals surface area contributed by atoms with E-state index in [-0.39, 0.29) is 5.69 Å². The number of hydrogen-bond donors (Lipinski definition) is 1. The summed E-state index contributed by atoms with van der Waals surface area (Å²) < 4.78 is 3.32. The van der Waals surface area contributed by atoms with E-state index < -0.39 is 4.92 Å². The summed E-state index contributed by atoms with van der Waals surface area (Å²) in [7, 11) is 0. The van der Waals surface area contributed by atoms with Crippen molar-refractivity contribution >= 4 is 24.1 Å². The van der Waals surface area contributed by atoms with Gasteiger partial charge >= 0.3 is 0 Å². The third-order valence-corrected chi connectivity index (χ3v) is 3.50. The standard InChI is InChI=1S/C14H13N7O2S/c1-9-6-10(2)19(18-9)13-16-17-14(24)20(13)15-8-11-4-3-5-12(7-11)21(22)23/h3-8H,1-2H3,(H,17,24)/b15-8-. The van der Waals surface area contributed by atoms with Crippen LogP contribution in [0.25, 0.3) is 5.95 Å². The number of H-pyrrole nitrogens is 1. The van der Waals surface area contributed by atoms with Crippen LogP contribution in [0.2, 0.25) is 0 Å². The van der Waals surface area contributed by atoms with E-state index in [2.05, 4.69) is 20.4 Å². The molecule has 0 amide bonds. The van der Waals surface area contributed by atoms with Crippen LogP contribution in [0.15, 0.2) is 35.4 Å². The lowest BCUT2D eigenvalue weighted by atomic mass is 10.2. The van der Waals surface area contributed by atoms with Crippen molar-refractivity contribution in [2.75, 3.05) is 0 Å². The SMILES string of the molecule is Cc1cc(C)n(-c2n[nH]c(=S)n2/N=C\c2cccc([N+](=O)[O-])c2)n1. The van der Waals surface area contributed by atoms with Crippen LogP contribution in [-0.4, -0.2) is 35.8 Å². The molecule has 9 nitrogen and oxygen atoms in total. The van der Waals surface area contributed by atoms with Gasteiger partial charge in [-0.05, 0) is 32.1 Å². The van der Waals surface area contributed by atoms with Crippen molar-refractivity contribution in [3.63, 3.8) is 0 Å². The highest BCUT2D eigenvalue weighted by atomic mass is 32.1. The average molecular weight is 343 g/mol. The minimum Gasteiger partial charge on any atom is -0.258 e. The molecule has 0 radical (unpaired) electrons. The van der Waals surface area contributed by atoms with E-state index in [0.717, 1.165) is 11.4 Å². The second-order valence-electron chi connectivity index (χ2n) is 5.08. The zero-order chi connectivity index (χ0) is 17.3. The third kappa shape index (κ3) is 2.99. The quantitative estimate of drug-likeness (QED) is 0.339. The van der Waals surface area contributed by atoms with Crippen LogP contribution in [0.5, 0.6) is 0 Å². The highest BCUT2D eigenvalue weighted by Gasteiger charge is 2.12. The van der Waals surface area contributed by atoms with Crippen molar-refractivity contribution in [1.29, 1.82) is 0 Å². The van der Waals surface area contributed by atoms with Crippen LogP contribution in [0.3, 0.4) is 0 Å². The van der Waals surface area contributed by atoms with Crippen LogP contribution in [0, 0.1) is 28.7 Å². The number of hydrogen-bond acceptors (Lipinski definition) is 6. The maximum atomic E-state index is 10.8. The molecule has 122 valence electrons. The molecular weight excluding hydrogens is 330 g/mol. The monoisotopic (exact) mass is 343 g/mol. The van der Waals surface area contributed by atoms with Gasteiger partial charge in [-0.25, -0.2) is 9.78 Å². The van der Waals surface area contributed by atoms with Gasteiger partial charge in [0.15, 0.2) is 0 Å². The first kappa shape index (κ1) is 15.7. The number of benzene rings is 1. The van der Waals surface area contributed by atoms with Crippen molar-refractivity contribution in [2.45, 2.75) is 13.8 Å². The number of nitro benzene ring substituents is 1. The summed E-state index contributed by atoms with van der Waals surface area (Å²) in [5.74, 6) is 0.410. The minimum atomic E-state index is -0.456. The van der Waals surface area contributed by atoms with E-state index in [0.29, 0.717) is 16.3 Å². The topological polar surface area (TPSA) is 107 Å². The van der Waals surface area contributed by atoms with Crippen molar-refractivity contribution in [2.24, 2.45) is 5.10 Å². The molecule has 2 aromatic heterocycles. The first-order chi connectivity index (χ1) is 11.5. The first-order valence-electron chi connectivity index (χ1n) is 6.95. The lowest BCUT2D eigenvalue weighted by Gasteiger charge is -2.02. The summed E-state index contributed by atoms with van der Waals surface area (Å²) in [5, 5.41) is 26.3. The Hall–Kier alpha value is -3.14. The molecule has 0 unspecified atom stereocenters. The van der Waals surface area contributed by atoms with Crippen molar-refractivity contribution in [3.8, 4) is 5.95 Å². The molecule has 1 aromatic carbocycles. The summed E-state index contributed by atoms with van der Waals surface area (Å²) >= 11 is 5.19. The highest BCUT2D eigenvalue weighted by molar-refractivity contribution is 7.71. The molecule has 24 heavy (non-hydrogen) atoms. The van der Waals surface area contributed by atoms with Crippen molar-refractivity contribution in [3.05, 3.63) is 62.2 Å². The molecule has 3 aromatic rings. The summed E-state index contributed by atoms with van der Waals surface area (Å²) in [6, 6.07) is 8.06. The van der Waals surface area contributed by atoms with Crippen LogP contribution in [0.4, 0.5) is 5.69 Å². The van der Waals surface area contributed by atoms with Crippen molar-refractivity contribution in [1.82, 2.24) is 24.7 Å². The Kier molecular flexibility index (Phi) is 4.04. The van der Waals surface area contributed by atoms with Gasteiger partial charge in [0.2, 0.25) is 4.77 Å². The lowest BCUT2D eigenvalue weighted by Crippen LogP contribution is -2.07. The molecule has 0 spiro atoms. The third-order valence-electron chi connectivity index (χ3n) is 3.24. The molecule has 2 heterocycles. The summed E-state index contributed by atoms with van der Waals surface area (Å²) in [5.41, 5.74) is 2.30. The Balaban J connectivity index is 2.01. The molecule has 10 heteroatoms. The summed E-state index contributed by atoms with van der Waals surface area (Å²) in [4.78, 5) is 10.4. The average Bonchev–Trinajstić information content (AvgIpc) is 3.07. The fourth-order valence-electron chi connectivity index (χ4n) is 2.20. The number of aromatic nitrogens is 5. The van der Waals surface area contributed by atoms with Crippen LogP contribution in [0.1, 0.15) is 17.0 Å². The van der Waals surface area contributed by atoms with Gasteiger partial charge in [-0.15, -0.1) is 5.10 Å². The molecule has 0 saturated heterocycles. The maximum Gasteiger partial charge on any atom is 0.271 e. The molecular formula is C14H13N7O2S. The highest BCUT2D eigenvalue weighted by Crippen LogP contribution is 2.13. The van der Waals surface area contributed by atoms with Gasteiger partial charge in [0, 0.05) is 23.4 Å². The van der Waals surface area contributed by atoms with Gasteiger partial charge in [-0.1, -0.05) is 12.1 Å². The molecule has 0 aliphatic heterocycles. The molecule has 0 bridgehead atoms. The number of rotatable bonds is 4. The predicted molar refractivity (Wildman–Crippen MR) is 90.1 cm³/mol. The molecule has 0 saturated carbocycles. The van der Waals surface area contributed by atoms with Gasteiger partial charge in [-0.3, -0.25) is 10.1 Å². The van der Waals surface area contributed by atoms with Gasteiger partial charge in [0.25, 0.3) is 11.6 Å². The normalized spacial score (nSPS) is 11.2. The van der Waals surface area contributed by atoms with Gasteiger partial charge in [0.1, 0.15) is 0 Å². The minimum absolute atomic E-state index is 0.00601. The van der Waals surface area contributed by atoms with Gasteiger partial charge in [0.05, 0.1) is 16.8 Å². The Bertz CT molecular complexity index is 999. The van der Waals surface area contributed by atoms with Gasteiger partial charge < -0.3 is 0 Å². The number of nitro groups is 1. The lowest BCUT2D eigenvalue weighted by molar-refractivity contribution is -0.384. The molecule has 0 atom stereocenters. The van der Waals surface area contributed by atoms with E-state index in [1.165, 1.54) is 23.0 Å². The van der Waals surface area contributed by atoms with E-state index in [9.17, 15) is 10.1 Å². The number of aryl methyl sites for hydroxylation is 2. The largest absolute Gasteiger partial charge is 0.271 e. The van der Waals surface area contributed by atoms with E-state index in [1.54, 1.807) is 16.8 Å². The maximum absolute atomic E-state index is 10.8. The van der Waals surface area contributed by atoms with Crippen molar-refractivity contribution < 1.29 is 4.92 Å². The molecule has 0 fully saturated rings. The Morgan fingerprint density at radius 2 is 2.17 bits per heavy atom. The summed E-state index contributed by atoms with van der Waals surface area (Å²) in [6.07, 6.45) is 1.48. The zero-order valence-corrected chi connectivity index (χ0v) is 13.7. The fraction of sp³-hybridized carbons (Fsp3) is 0.143. The number of aromatic amines is 1. The molecule has 0 aliphatic carbocycles. The number of non-ortho nitro benzene ring substituents is 1. The van der Waals surface area contributed by atoms with Crippen LogP contribution in [-0.2, 0) is 0 Å². The second kappa shape index (κ2) is 6.16. The van der Waals surface area contributed by atoms with E-state index in [4.69, 9.17) is 12.2 Å². The summed E-state index contributed by atoms with van der Waals surface area (Å²) in [6.45, 7) is 3.77. The first-order valence-corrected chi connectivity index (χ1v) is 7.36. The molecule has 0 aliphatic rings. The smallest absolute Gasteiger partial charge is 0.258 e. The number of nitrogens with one attached hydrogen (secondary N) is 1. The fourth-order valence-corrected chi connectivity index (χ4v) is 2.37. The second-order valence-corrected chi connectivity index (χ2v) is 5.46. The van der Waals surface area contributed by atoms with Crippen LogP contribution >= 0.6 is 12.2 Å². The van der Waals surface area contributed by atoms with Crippen LogP contribution < -0.4 is 0 Å². The predicted octanol–water partition coefficient (Wildman–Crippen LogP) is 2.53. The van der Waals surface area contributed by atoms with Gasteiger partial charge in [-0.2, -0.15) is 14.9 Å². The van der Waals surface area contributed by atoms with E-state index in [1.807, 2.05) is 19.9 Å². The molecule has 3 rings (SSSR count). The number of nitrogens with zero attached hydrogens (tertiary/aromatic N) is 6. The Morgan fingerprint density at radius 3 is 2.83 bits per heavy atom. The van der Waals surface area contributed by atoms with E-state index >= 15 is 0 Å². The zero-order valence-electron chi connectivity index (χ0n) is 12.9. The Labute approximate surface area is 141 Å².